The average Bonchev–Trinajstić information content (AvgIpc) is 3.02. The number of anilines is 2. The lowest BCUT2D eigenvalue weighted by Crippen LogP contribution is -2.35. The maximum Gasteiger partial charge on any atom is 0.227 e. The summed E-state index contributed by atoms with van der Waals surface area (Å²) in [6, 6.07) is 3.80. The van der Waals surface area contributed by atoms with E-state index in [4.69, 9.17) is 0 Å². The maximum absolute atomic E-state index is 13.3. The number of likely N-dealkylation sites (tertiary alicyclic amines) is 1. The van der Waals surface area contributed by atoms with Crippen LogP contribution >= 0.6 is 0 Å². The van der Waals surface area contributed by atoms with Crippen molar-refractivity contribution >= 4 is 11.8 Å². The topological polar surface area (TPSA) is 48.4 Å². The Morgan fingerprint density at radius 1 is 1.29 bits per heavy atom. The highest BCUT2D eigenvalue weighted by Gasteiger charge is 2.27. The van der Waals surface area contributed by atoms with Gasteiger partial charge in [-0.3, -0.25) is 9.88 Å². The Bertz CT molecular complexity index is 692. The van der Waals surface area contributed by atoms with Gasteiger partial charge in [-0.1, -0.05) is 0 Å². The zero-order valence-electron chi connectivity index (χ0n) is 14.4. The van der Waals surface area contributed by atoms with E-state index in [0.717, 1.165) is 36.8 Å². The Balaban J connectivity index is 1.63. The van der Waals surface area contributed by atoms with Gasteiger partial charge in [-0.2, -0.15) is 4.98 Å². The molecular formula is C17H23FN6. The zero-order chi connectivity index (χ0) is 17.1. The number of hydrogen-bond acceptors (Lipinski definition) is 6. The second kappa shape index (κ2) is 7.09. The Hall–Kier alpha value is -2.28. The van der Waals surface area contributed by atoms with Crippen molar-refractivity contribution in [2.75, 3.05) is 44.0 Å². The predicted octanol–water partition coefficient (Wildman–Crippen LogP) is 1.79. The van der Waals surface area contributed by atoms with Gasteiger partial charge in [0.2, 0.25) is 5.95 Å². The van der Waals surface area contributed by atoms with Crippen molar-refractivity contribution in [1.82, 2.24) is 19.9 Å². The van der Waals surface area contributed by atoms with Crippen molar-refractivity contribution in [2.24, 2.45) is 0 Å². The van der Waals surface area contributed by atoms with E-state index in [1.807, 2.05) is 32.1 Å². The molecule has 0 N–H and O–H groups in total. The molecule has 3 rings (SSSR count). The molecule has 2 aromatic rings. The molecule has 0 spiro atoms. The molecule has 0 saturated carbocycles. The SMILES string of the molecule is CN(C)c1ccnc(N(C)C2CCN(Cc3cncc(F)c3)C2)n1. The molecule has 3 heterocycles. The molecule has 1 atom stereocenters. The van der Waals surface area contributed by atoms with E-state index >= 15 is 0 Å². The molecule has 1 fully saturated rings. The van der Waals surface area contributed by atoms with Crippen molar-refractivity contribution in [1.29, 1.82) is 0 Å². The first-order chi connectivity index (χ1) is 11.5. The normalized spacial score (nSPS) is 17.9. The summed E-state index contributed by atoms with van der Waals surface area (Å²) >= 11 is 0. The van der Waals surface area contributed by atoms with Crippen molar-refractivity contribution in [3.8, 4) is 0 Å². The highest BCUT2D eigenvalue weighted by atomic mass is 19.1. The lowest BCUT2D eigenvalue weighted by molar-refractivity contribution is 0.324. The van der Waals surface area contributed by atoms with Gasteiger partial charge < -0.3 is 9.80 Å². The summed E-state index contributed by atoms with van der Waals surface area (Å²) in [5, 5.41) is 0. The number of nitrogens with zero attached hydrogens (tertiary/aromatic N) is 6. The molecule has 1 saturated heterocycles. The number of likely N-dealkylation sites (N-methyl/N-ethyl adjacent to an activating group) is 1. The molecule has 1 unspecified atom stereocenters. The van der Waals surface area contributed by atoms with E-state index in [1.165, 1.54) is 6.20 Å². The lowest BCUT2D eigenvalue weighted by atomic mass is 10.2. The van der Waals surface area contributed by atoms with E-state index in [2.05, 4.69) is 24.8 Å². The minimum atomic E-state index is -0.283. The van der Waals surface area contributed by atoms with Crippen LogP contribution in [0, 0.1) is 5.82 Å². The number of aromatic nitrogens is 3. The largest absolute Gasteiger partial charge is 0.363 e. The van der Waals surface area contributed by atoms with Crippen LogP contribution in [0.3, 0.4) is 0 Å². The van der Waals surface area contributed by atoms with Crippen LogP contribution in [-0.4, -0.2) is 60.1 Å². The number of halogens is 1. The standard InChI is InChI=1S/C17H23FN6/c1-22(2)16-4-6-20-17(21-16)23(3)15-5-7-24(12-15)11-13-8-14(18)10-19-9-13/h4,6,8-10,15H,5,7,11-12H2,1-3H3. The fourth-order valence-corrected chi connectivity index (χ4v) is 2.99. The highest BCUT2D eigenvalue weighted by molar-refractivity contribution is 5.42. The summed E-state index contributed by atoms with van der Waals surface area (Å²) in [6.45, 7) is 2.59. The molecule has 1 aliphatic heterocycles. The van der Waals surface area contributed by atoms with Gasteiger partial charge >= 0.3 is 0 Å². The van der Waals surface area contributed by atoms with E-state index < -0.39 is 0 Å². The Kier molecular flexibility index (Phi) is 4.89. The van der Waals surface area contributed by atoms with E-state index in [1.54, 1.807) is 18.5 Å². The predicted molar refractivity (Wildman–Crippen MR) is 92.6 cm³/mol. The number of pyridine rings is 1. The molecule has 1 aliphatic rings. The van der Waals surface area contributed by atoms with Gasteiger partial charge in [0.05, 0.1) is 6.20 Å². The monoisotopic (exact) mass is 330 g/mol. The van der Waals surface area contributed by atoms with Crippen molar-refractivity contribution in [2.45, 2.75) is 19.0 Å². The second-order valence-corrected chi connectivity index (χ2v) is 6.41. The first kappa shape index (κ1) is 16.6. The first-order valence-corrected chi connectivity index (χ1v) is 8.08. The summed E-state index contributed by atoms with van der Waals surface area (Å²) in [6.07, 6.45) is 5.79. The summed E-state index contributed by atoms with van der Waals surface area (Å²) in [4.78, 5) is 19.3. The summed E-state index contributed by atoms with van der Waals surface area (Å²) in [5.74, 6) is 1.35. The quantitative estimate of drug-likeness (QED) is 0.833. The zero-order valence-corrected chi connectivity index (χ0v) is 14.4. The summed E-state index contributed by atoms with van der Waals surface area (Å²) in [5.41, 5.74) is 0.907. The maximum atomic E-state index is 13.3. The van der Waals surface area contributed by atoms with Crippen LogP contribution in [0.15, 0.2) is 30.7 Å². The molecule has 7 heteroatoms. The van der Waals surface area contributed by atoms with Gasteiger partial charge in [-0.25, -0.2) is 9.37 Å². The van der Waals surface area contributed by atoms with Gasteiger partial charge in [-0.05, 0) is 24.1 Å². The fraction of sp³-hybridized carbons (Fsp3) is 0.471. The molecule has 0 bridgehead atoms. The van der Waals surface area contributed by atoms with Crippen molar-refractivity contribution in [3.05, 3.63) is 42.1 Å². The highest BCUT2D eigenvalue weighted by Crippen LogP contribution is 2.21. The molecule has 0 amide bonds. The lowest BCUT2D eigenvalue weighted by Gasteiger charge is -2.25. The molecule has 0 aromatic carbocycles. The van der Waals surface area contributed by atoms with Gasteiger partial charge in [0, 0.05) is 59.2 Å². The third kappa shape index (κ3) is 3.79. The van der Waals surface area contributed by atoms with Crippen molar-refractivity contribution in [3.63, 3.8) is 0 Å². The molecule has 2 aromatic heterocycles. The minimum Gasteiger partial charge on any atom is -0.363 e. The van der Waals surface area contributed by atoms with E-state index in [0.29, 0.717) is 12.6 Å². The first-order valence-electron chi connectivity index (χ1n) is 8.08. The Labute approximate surface area is 142 Å². The van der Waals surface area contributed by atoms with Crippen LogP contribution < -0.4 is 9.80 Å². The smallest absolute Gasteiger partial charge is 0.227 e. The summed E-state index contributed by atoms with van der Waals surface area (Å²) < 4.78 is 13.3. The van der Waals surface area contributed by atoms with Gasteiger partial charge in [0.15, 0.2) is 0 Å². The van der Waals surface area contributed by atoms with Gasteiger partial charge in [0.25, 0.3) is 0 Å². The molecule has 24 heavy (non-hydrogen) atoms. The molecule has 128 valence electrons. The fourth-order valence-electron chi connectivity index (χ4n) is 2.99. The summed E-state index contributed by atoms with van der Waals surface area (Å²) in [7, 11) is 5.97. The van der Waals surface area contributed by atoms with Crippen LogP contribution in [0.25, 0.3) is 0 Å². The molecule has 0 aliphatic carbocycles. The van der Waals surface area contributed by atoms with Crippen LogP contribution in [-0.2, 0) is 6.54 Å². The van der Waals surface area contributed by atoms with Crippen molar-refractivity contribution < 1.29 is 4.39 Å². The van der Waals surface area contributed by atoms with Crippen LogP contribution in [0.2, 0.25) is 0 Å². The molecular weight excluding hydrogens is 307 g/mol. The van der Waals surface area contributed by atoms with Crippen LogP contribution in [0.5, 0.6) is 0 Å². The average molecular weight is 330 g/mol. The number of hydrogen-bond donors (Lipinski definition) is 0. The molecule has 0 radical (unpaired) electrons. The minimum absolute atomic E-state index is 0.283. The van der Waals surface area contributed by atoms with Crippen LogP contribution in [0.1, 0.15) is 12.0 Å². The Morgan fingerprint density at radius 3 is 2.88 bits per heavy atom. The Morgan fingerprint density at radius 2 is 2.12 bits per heavy atom. The van der Waals surface area contributed by atoms with E-state index in [-0.39, 0.29) is 5.82 Å². The van der Waals surface area contributed by atoms with Gasteiger partial charge in [0.1, 0.15) is 11.6 Å². The second-order valence-electron chi connectivity index (χ2n) is 6.41. The van der Waals surface area contributed by atoms with E-state index in [9.17, 15) is 4.39 Å². The number of rotatable bonds is 5. The molecule has 6 nitrogen and oxygen atoms in total. The third-order valence-corrected chi connectivity index (χ3v) is 4.36. The third-order valence-electron chi connectivity index (χ3n) is 4.36. The van der Waals surface area contributed by atoms with Crippen LogP contribution in [0.4, 0.5) is 16.2 Å². The van der Waals surface area contributed by atoms with Gasteiger partial charge in [-0.15, -0.1) is 0 Å².